The Kier molecular flexibility index (Phi) is 7.88. The number of carbonyl (C=O) groups is 1. The number of aromatic nitrogens is 1. The van der Waals surface area contributed by atoms with E-state index in [0.29, 0.717) is 23.4 Å². The van der Waals surface area contributed by atoms with E-state index in [9.17, 15) is 0 Å². The fraction of sp³-hybridized carbons (Fsp3) is 0.852. The van der Waals surface area contributed by atoms with Crippen LogP contribution in [0.5, 0.6) is 0 Å². The average molecular weight is 638 g/mol. The van der Waals surface area contributed by atoms with Crippen molar-refractivity contribution in [2.45, 2.75) is 98.0 Å². The number of fused-ring (bicyclic) bond motifs is 5. The zero-order chi connectivity index (χ0) is 22.9. The molecule has 0 bridgehead atoms. The van der Waals surface area contributed by atoms with Crippen LogP contribution in [0.1, 0.15) is 103 Å². The summed E-state index contributed by atoms with van der Waals surface area (Å²) in [5.41, 5.74) is 2.24. The number of nitrogens with zero attached hydrogens (tertiary/aromatic N) is 1. The molecule has 1 aromatic heterocycles. The van der Waals surface area contributed by atoms with Crippen LogP contribution in [0.25, 0.3) is 0 Å². The maximum Gasteiger partial charge on any atom is -0.0473 e. The van der Waals surface area contributed by atoms with Crippen LogP contribution in [0.2, 0.25) is 0 Å². The molecule has 5 rings (SSSR count). The van der Waals surface area contributed by atoms with Gasteiger partial charge >= 0.3 is 148 Å². The van der Waals surface area contributed by atoms with Gasteiger partial charge in [0.2, 0.25) is 0 Å². The number of ether oxygens (including phenoxy) is 1. The second-order valence-corrected chi connectivity index (χ2v) is 12.5. The van der Waals surface area contributed by atoms with Crippen molar-refractivity contribution in [2.75, 3.05) is 4.27 Å². The minimum atomic E-state index is 0.413. The fourth-order valence-corrected chi connectivity index (χ4v) is 8.99. The topological polar surface area (TPSA) is 52.3 Å². The smallest absolute Gasteiger partial charge is 0.0473 e. The van der Waals surface area contributed by atoms with Crippen LogP contribution >= 0.6 is 0 Å². The quantitative estimate of drug-likeness (QED) is 0.365. The monoisotopic (exact) mass is 637 g/mol. The third-order valence-electron chi connectivity index (χ3n) is 10.2. The Hall–Kier alpha value is -0.264. The molecule has 4 nitrogen and oxygen atoms in total. The molecule has 32 heavy (non-hydrogen) atoms. The van der Waals surface area contributed by atoms with E-state index in [1.807, 2.05) is 0 Å². The van der Waals surface area contributed by atoms with Gasteiger partial charge in [0.25, 0.3) is 0 Å². The summed E-state index contributed by atoms with van der Waals surface area (Å²) in [5, 5.41) is 4.53. The van der Waals surface area contributed by atoms with Crippen molar-refractivity contribution in [1.29, 1.82) is 0 Å². The average Bonchev–Trinajstić information content (AvgIpc) is 3.37. The summed E-state index contributed by atoms with van der Waals surface area (Å²) in [6.07, 6.45) is 13.7. The van der Waals surface area contributed by atoms with Gasteiger partial charge in [-0.1, -0.05) is 20.3 Å². The summed E-state index contributed by atoms with van der Waals surface area (Å²) in [6, 6.07) is 2.20. The summed E-state index contributed by atoms with van der Waals surface area (Å²) in [7, 11) is 0. The molecule has 4 aliphatic rings. The minimum absolute atomic E-state index is 0.413. The fourth-order valence-electron chi connectivity index (χ4n) is 8.66. The number of carbonyl (C=O) groups excluding carboxylic acids is 1. The molecular formula is C27H42NO3Po. The van der Waals surface area contributed by atoms with Crippen LogP contribution in [0.3, 0.4) is 0 Å². The molecular weight excluding hydrogens is 595 g/mol. The van der Waals surface area contributed by atoms with Gasteiger partial charge < -0.3 is 4.79 Å². The van der Waals surface area contributed by atoms with Crippen molar-refractivity contribution in [2.24, 2.45) is 40.4 Å². The molecule has 0 aromatic carbocycles. The molecule has 179 valence electrons. The molecule has 1 heterocycles. The Morgan fingerprint density at radius 2 is 1.84 bits per heavy atom. The first-order chi connectivity index (χ1) is 15.4. The van der Waals surface area contributed by atoms with Gasteiger partial charge in [-0.15, -0.1) is 0 Å². The molecule has 4 aliphatic carbocycles. The van der Waals surface area contributed by atoms with Crippen LogP contribution in [-0.4, -0.2) is 40.8 Å². The summed E-state index contributed by atoms with van der Waals surface area (Å²) in [4.78, 5) is 8.81. The van der Waals surface area contributed by atoms with E-state index in [0.717, 1.165) is 45.9 Å². The predicted molar refractivity (Wildman–Crippen MR) is 127 cm³/mol. The zero-order valence-electron chi connectivity index (χ0n) is 20.5. The Bertz CT molecular complexity index is 781. The molecule has 8 atom stereocenters. The standard InChI is InChI=1S/C25H38NO2.C2H4O.Po/c1-16-9-11-24(2)17(13-16)5-6-19-20-7-8-22(25(20,3)12-10-21(19)24)23-14-18(15-27-4)28-26-23;1-2-3;/h14,16-17,19-22H,4-13,15H2,1-3H3;2H,1H3;/t16-,17?,19-,20?,21?,22+,24-,25-;;/m0../s1. The van der Waals surface area contributed by atoms with Crippen molar-refractivity contribution in [3.8, 4) is 0 Å². The van der Waals surface area contributed by atoms with Crippen LogP contribution < -0.4 is 0 Å². The largest absolute Gasteiger partial charge is 0.0473 e. The molecule has 4 saturated carbocycles. The molecule has 4 fully saturated rings. The zero-order valence-corrected chi connectivity index (χ0v) is 23.7. The SMILES string of the molecule is CC=O.C[C@H]1CC[C@@]2(C)C(CC[C@@H]3C2CC[C@@]2(C)C3CC[C@@H]2c2cc(CO[CH2][Po])on2)C1. The normalized spacial score (nSPS) is 42.8. The third kappa shape index (κ3) is 4.40. The van der Waals surface area contributed by atoms with E-state index in [-0.39, 0.29) is 0 Å². The molecule has 1 aromatic rings. The third-order valence-corrected chi connectivity index (χ3v) is 10.8. The maximum absolute atomic E-state index is 8.81. The number of aldehydes is 1. The number of rotatable bonds is 4. The van der Waals surface area contributed by atoms with Crippen LogP contribution in [0.15, 0.2) is 10.6 Å². The Balaban J connectivity index is 0.000000775. The Morgan fingerprint density at radius 3 is 2.59 bits per heavy atom. The summed E-state index contributed by atoms with van der Waals surface area (Å²) >= 11 is 1.46. The predicted octanol–water partition coefficient (Wildman–Crippen LogP) is 6.28. The Labute approximate surface area is 210 Å². The van der Waals surface area contributed by atoms with Crippen molar-refractivity contribution >= 4 is 31.4 Å². The molecule has 0 saturated heterocycles. The summed E-state index contributed by atoms with van der Waals surface area (Å²) in [5.74, 6) is 6.24. The van der Waals surface area contributed by atoms with Crippen molar-refractivity contribution in [1.82, 2.24) is 5.16 Å². The van der Waals surface area contributed by atoms with E-state index in [1.54, 1.807) is 0 Å². The molecule has 0 amide bonds. The van der Waals surface area contributed by atoms with E-state index in [2.05, 4.69) is 32.0 Å². The van der Waals surface area contributed by atoms with E-state index >= 15 is 0 Å². The summed E-state index contributed by atoms with van der Waals surface area (Å²) in [6.45, 7) is 9.80. The molecule has 0 N–H and O–H groups in total. The number of hydrogen-bond donors (Lipinski definition) is 0. The van der Waals surface area contributed by atoms with Gasteiger partial charge in [0, 0.05) is 0 Å². The molecule has 5 heteroatoms. The second kappa shape index (κ2) is 10.2. The van der Waals surface area contributed by atoms with Crippen molar-refractivity contribution < 1.29 is 14.1 Å². The molecule has 3 unspecified atom stereocenters. The number of hydrogen-bond acceptors (Lipinski definition) is 4. The van der Waals surface area contributed by atoms with E-state index in [1.165, 1.54) is 95.5 Å². The van der Waals surface area contributed by atoms with Gasteiger partial charge in [-0.3, -0.25) is 0 Å². The minimum Gasteiger partial charge on any atom is -0.0473 e. The molecule has 1 radical (unpaired) electrons. The van der Waals surface area contributed by atoms with Crippen LogP contribution in [0, 0.1) is 40.4 Å². The summed E-state index contributed by atoms with van der Waals surface area (Å²) < 4.78 is 12.0. The van der Waals surface area contributed by atoms with Gasteiger partial charge in [-0.2, -0.15) is 0 Å². The van der Waals surface area contributed by atoms with Gasteiger partial charge in [0.1, 0.15) is 6.29 Å². The first-order valence-corrected chi connectivity index (χ1v) is 15.1. The first kappa shape index (κ1) is 24.8. The molecule has 0 spiro atoms. The second-order valence-electron chi connectivity index (χ2n) is 11.6. The van der Waals surface area contributed by atoms with E-state index < -0.39 is 0 Å². The van der Waals surface area contributed by atoms with Gasteiger partial charge in [-0.25, -0.2) is 0 Å². The van der Waals surface area contributed by atoms with Crippen molar-refractivity contribution in [3.63, 3.8) is 0 Å². The maximum atomic E-state index is 8.81. The van der Waals surface area contributed by atoms with Gasteiger partial charge in [-0.05, 0) is 31.6 Å². The first-order valence-electron chi connectivity index (χ1n) is 12.9. The van der Waals surface area contributed by atoms with Gasteiger partial charge in [0.05, 0.1) is 0 Å². The molecule has 0 aliphatic heterocycles. The Morgan fingerprint density at radius 1 is 1.12 bits per heavy atom. The van der Waals surface area contributed by atoms with Crippen molar-refractivity contribution in [3.05, 3.63) is 17.5 Å². The van der Waals surface area contributed by atoms with Gasteiger partial charge in [0.15, 0.2) is 0 Å². The van der Waals surface area contributed by atoms with Crippen LogP contribution in [-0.2, 0) is 16.1 Å². The van der Waals surface area contributed by atoms with Crippen LogP contribution in [0.4, 0.5) is 0 Å². The van der Waals surface area contributed by atoms with E-state index in [4.69, 9.17) is 14.1 Å².